The number of aryl methyl sites for hydroxylation is 2. The third-order valence-electron chi connectivity index (χ3n) is 2.74. The SMILES string of the molecule is Cc1cc(Oc2ccc(F)c(F)c2)c(CN)c(C)n1. The van der Waals surface area contributed by atoms with Crippen molar-refractivity contribution in [2.45, 2.75) is 20.4 Å². The molecule has 1 heterocycles. The number of hydrogen-bond acceptors (Lipinski definition) is 3. The Hall–Kier alpha value is -2.01. The number of benzene rings is 1. The van der Waals surface area contributed by atoms with Crippen LogP contribution in [0.25, 0.3) is 0 Å². The van der Waals surface area contributed by atoms with Gasteiger partial charge in [-0.2, -0.15) is 0 Å². The zero-order valence-electron chi connectivity index (χ0n) is 10.7. The number of pyridine rings is 1. The standard InChI is InChI=1S/C14H14F2N2O/c1-8-5-14(11(7-17)9(2)18-8)19-10-3-4-12(15)13(16)6-10/h3-6H,7,17H2,1-2H3. The van der Waals surface area contributed by atoms with E-state index in [1.165, 1.54) is 6.07 Å². The molecule has 1 aromatic heterocycles. The lowest BCUT2D eigenvalue weighted by Crippen LogP contribution is -2.05. The summed E-state index contributed by atoms with van der Waals surface area (Å²) in [6.07, 6.45) is 0. The van der Waals surface area contributed by atoms with E-state index in [0.717, 1.165) is 29.1 Å². The highest BCUT2D eigenvalue weighted by atomic mass is 19.2. The summed E-state index contributed by atoms with van der Waals surface area (Å²) in [5.41, 5.74) is 7.94. The molecule has 2 N–H and O–H groups in total. The summed E-state index contributed by atoms with van der Waals surface area (Å²) in [5, 5.41) is 0. The number of ether oxygens (including phenoxy) is 1. The zero-order chi connectivity index (χ0) is 14.0. The number of halogens is 2. The minimum atomic E-state index is -0.950. The van der Waals surface area contributed by atoms with E-state index in [-0.39, 0.29) is 12.3 Å². The molecule has 0 aliphatic carbocycles. The zero-order valence-corrected chi connectivity index (χ0v) is 10.7. The van der Waals surface area contributed by atoms with Gasteiger partial charge in [-0.1, -0.05) is 0 Å². The van der Waals surface area contributed by atoms with Gasteiger partial charge in [-0.3, -0.25) is 4.98 Å². The fraction of sp³-hybridized carbons (Fsp3) is 0.214. The van der Waals surface area contributed by atoms with Crippen LogP contribution in [-0.2, 0) is 6.54 Å². The summed E-state index contributed by atoms with van der Waals surface area (Å²) in [5.74, 6) is -1.13. The second-order valence-electron chi connectivity index (χ2n) is 4.21. The first-order valence-electron chi connectivity index (χ1n) is 5.81. The molecule has 0 saturated carbocycles. The van der Waals surface area contributed by atoms with Crippen LogP contribution in [0.4, 0.5) is 8.78 Å². The first-order valence-corrected chi connectivity index (χ1v) is 5.81. The van der Waals surface area contributed by atoms with Crippen molar-refractivity contribution in [2.24, 2.45) is 5.73 Å². The third-order valence-corrected chi connectivity index (χ3v) is 2.74. The molecule has 0 unspecified atom stereocenters. The van der Waals surface area contributed by atoms with Crippen molar-refractivity contribution in [1.82, 2.24) is 4.98 Å². The maximum atomic E-state index is 13.1. The molecule has 0 saturated heterocycles. The van der Waals surface area contributed by atoms with Crippen LogP contribution in [0.3, 0.4) is 0 Å². The molecule has 3 nitrogen and oxygen atoms in total. The Bertz CT molecular complexity index is 615. The van der Waals surface area contributed by atoms with E-state index in [1.54, 1.807) is 6.07 Å². The van der Waals surface area contributed by atoms with Crippen LogP contribution < -0.4 is 10.5 Å². The molecule has 0 atom stereocenters. The van der Waals surface area contributed by atoms with Gasteiger partial charge in [-0.15, -0.1) is 0 Å². The van der Waals surface area contributed by atoms with Gasteiger partial charge in [0.15, 0.2) is 11.6 Å². The molecule has 5 heteroatoms. The van der Waals surface area contributed by atoms with Gasteiger partial charge in [-0.25, -0.2) is 8.78 Å². The van der Waals surface area contributed by atoms with E-state index in [9.17, 15) is 8.78 Å². The van der Waals surface area contributed by atoms with E-state index in [4.69, 9.17) is 10.5 Å². The molecule has 2 rings (SSSR count). The Balaban J connectivity index is 2.39. The Kier molecular flexibility index (Phi) is 3.76. The molecule has 19 heavy (non-hydrogen) atoms. The van der Waals surface area contributed by atoms with E-state index >= 15 is 0 Å². The van der Waals surface area contributed by atoms with Crippen LogP contribution >= 0.6 is 0 Å². The number of rotatable bonds is 3. The fourth-order valence-corrected chi connectivity index (χ4v) is 1.83. The van der Waals surface area contributed by atoms with Crippen molar-refractivity contribution in [3.05, 3.63) is 52.9 Å². The van der Waals surface area contributed by atoms with Crippen molar-refractivity contribution in [3.8, 4) is 11.5 Å². The van der Waals surface area contributed by atoms with E-state index < -0.39 is 11.6 Å². The molecule has 0 bridgehead atoms. The average molecular weight is 264 g/mol. The van der Waals surface area contributed by atoms with Crippen molar-refractivity contribution >= 4 is 0 Å². The largest absolute Gasteiger partial charge is 0.457 e. The van der Waals surface area contributed by atoms with Crippen LogP contribution in [0.15, 0.2) is 24.3 Å². The van der Waals surface area contributed by atoms with Crippen LogP contribution in [0.1, 0.15) is 17.0 Å². The number of hydrogen-bond donors (Lipinski definition) is 1. The number of nitrogens with two attached hydrogens (primary N) is 1. The van der Waals surface area contributed by atoms with Gasteiger partial charge < -0.3 is 10.5 Å². The highest BCUT2D eigenvalue weighted by Gasteiger charge is 2.10. The van der Waals surface area contributed by atoms with E-state index in [1.807, 2.05) is 13.8 Å². The maximum Gasteiger partial charge on any atom is 0.162 e. The first-order chi connectivity index (χ1) is 9.01. The van der Waals surface area contributed by atoms with Crippen LogP contribution in [0, 0.1) is 25.5 Å². The van der Waals surface area contributed by atoms with Crippen LogP contribution in [-0.4, -0.2) is 4.98 Å². The smallest absolute Gasteiger partial charge is 0.162 e. The topological polar surface area (TPSA) is 48.1 Å². The van der Waals surface area contributed by atoms with Gasteiger partial charge in [0.2, 0.25) is 0 Å². The molecule has 0 radical (unpaired) electrons. The Labute approximate surface area is 110 Å². The lowest BCUT2D eigenvalue weighted by molar-refractivity contribution is 0.456. The van der Waals surface area contributed by atoms with E-state index in [2.05, 4.69) is 4.98 Å². The second-order valence-corrected chi connectivity index (χ2v) is 4.21. The van der Waals surface area contributed by atoms with Crippen molar-refractivity contribution in [3.63, 3.8) is 0 Å². The van der Waals surface area contributed by atoms with Gasteiger partial charge in [0, 0.05) is 35.6 Å². The molecule has 0 spiro atoms. The quantitative estimate of drug-likeness (QED) is 0.925. The normalized spacial score (nSPS) is 10.6. The average Bonchev–Trinajstić information content (AvgIpc) is 2.33. The third kappa shape index (κ3) is 2.88. The molecule has 100 valence electrons. The molecule has 0 aliphatic heterocycles. The molecule has 0 fully saturated rings. The highest BCUT2D eigenvalue weighted by molar-refractivity contribution is 5.41. The van der Waals surface area contributed by atoms with Crippen molar-refractivity contribution < 1.29 is 13.5 Å². The fourth-order valence-electron chi connectivity index (χ4n) is 1.83. The number of aromatic nitrogens is 1. The summed E-state index contributed by atoms with van der Waals surface area (Å²) in [4.78, 5) is 4.28. The number of nitrogens with zero attached hydrogens (tertiary/aromatic N) is 1. The molecule has 1 aromatic carbocycles. The Morgan fingerprint density at radius 3 is 2.53 bits per heavy atom. The Morgan fingerprint density at radius 2 is 1.89 bits per heavy atom. The van der Waals surface area contributed by atoms with Gasteiger partial charge >= 0.3 is 0 Å². The molecule has 2 aromatic rings. The van der Waals surface area contributed by atoms with Crippen molar-refractivity contribution in [2.75, 3.05) is 0 Å². The van der Waals surface area contributed by atoms with E-state index in [0.29, 0.717) is 5.75 Å². The van der Waals surface area contributed by atoms with Gasteiger partial charge in [-0.05, 0) is 26.0 Å². The molecular weight excluding hydrogens is 250 g/mol. The summed E-state index contributed by atoms with van der Waals surface area (Å²) < 4.78 is 31.6. The van der Waals surface area contributed by atoms with Gasteiger partial charge in [0.05, 0.1) is 0 Å². The summed E-state index contributed by atoms with van der Waals surface area (Å²) in [6.45, 7) is 3.91. The minimum Gasteiger partial charge on any atom is -0.457 e. The predicted octanol–water partition coefficient (Wildman–Crippen LogP) is 3.23. The molecule has 0 aliphatic rings. The summed E-state index contributed by atoms with van der Waals surface area (Å²) >= 11 is 0. The van der Waals surface area contributed by atoms with Crippen molar-refractivity contribution in [1.29, 1.82) is 0 Å². The Morgan fingerprint density at radius 1 is 1.16 bits per heavy atom. The minimum absolute atomic E-state index is 0.221. The second kappa shape index (κ2) is 5.32. The maximum absolute atomic E-state index is 13.1. The molecule has 0 amide bonds. The van der Waals surface area contributed by atoms with Crippen LogP contribution in [0.2, 0.25) is 0 Å². The first kappa shape index (κ1) is 13.4. The lowest BCUT2D eigenvalue weighted by atomic mass is 10.1. The van der Waals surface area contributed by atoms with Gasteiger partial charge in [0.25, 0.3) is 0 Å². The van der Waals surface area contributed by atoms with Gasteiger partial charge in [0.1, 0.15) is 11.5 Å². The monoisotopic (exact) mass is 264 g/mol. The lowest BCUT2D eigenvalue weighted by Gasteiger charge is -2.13. The summed E-state index contributed by atoms with van der Waals surface area (Å²) in [6, 6.07) is 5.11. The molecular formula is C14H14F2N2O. The predicted molar refractivity (Wildman–Crippen MR) is 68.0 cm³/mol. The summed E-state index contributed by atoms with van der Waals surface area (Å²) in [7, 11) is 0. The highest BCUT2D eigenvalue weighted by Crippen LogP contribution is 2.28. The van der Waals surface area contributed by atoms with Crippen LogP contribution in [0.5, 0.6) is 11.5 Å².